The number of Topliss-reactive ketones (excluding diaryl/α,β-unsaturated/α-hetero) is 1. The molecule has 0 atom stereocenters. The maximum absolute atomic E-state index is 12.8. The van der Waals surface area contributed by atoms with E-state index in [-0.39, 0.29) is 40.5 Å². The summed E-state index contributed by atoms with van der Waals surface area (Å²) >= 11 is 1.14. The molecule has 9 heteroatoms. The molecule has 1 aromatic heterocycles. The van der Waals surface area contributed by atoms with Crippen molar-refractivity contribution in [2.24, 2.45) is 0 Å². The zero-order valence-corrected chi connectivity index (χ0v) is 17.5. The van der Waals surface area contributed by atoms with Gasteiger partial charge in [-0.1, -0.05) is 18.2 Å². The molecule has 0 bridgehead atoms. The van der Waals surface area contributed by atoms with Crippen LogP contribution in [0.1, 0.15) is 54.0 Å². The Bertz CT molecular complexity index is 1200. The number of hydrogen-bond donors (Lipinski definition) is 1. The highest BCUT2D eigenvalue weighted by molar-refractivity contribution is 7.14. The third kappa shape index (κ3) is 3.82. The van der Waals surface area contributed by atoms with Crippen molar-refractivity contribution in [1.82, 2.24) is 9.88 Å². The molecule has 0 saturated heterocycles. The van der Waals surface area contributed by atoms with Crippen LogP contribution in [-0.4, -0.2) is 40.5 Å². The Morgan fingerprint density at radius 2 is 1.77 bits per heavy atom. The highest BCUT2D eigenvalue weighted by Crippen LogP contribution is 2.27. The van der Waals surface area contributed by atoms with E-state index in [9.17, 15) is 19.2 Å². The first-order valence-corrected chi connectivity index (χ1v) is 10.2. The second-order valence-electron chi connectivity index (χ2n) is 6.82. The summed E-state index contributed by atoms with van der Waals surface area (Å²) in [6.45, 7) is 1.41. The first-order valence-electron chi connectivity index (χ1n) is 9.29. The summed E-state index contributed by atoms with van der Waals surface area (Å²) in [4.78, 5) is 54.7. The molecule has 3 amide bonds. The van der Waals surface area contributed by atoms with Crippen LogP contribution in [0.15, 0.2) is 47.8 Å². The summed E-state index contributed by atoms with van der Waals surface area (Å²) in [6.07, 6.45) is 0. The van der Waals surface area contributed by atoms with Crippen molar-refractivity contribution in [3.63, 3.8) is 0 Å². The lowest BCUT2D eigenvalue weighted by Crippen LogP contribution is -2.29. The summed E-state index contributed by atoms with van der Waals surface area (Å²) in [5.74, 6) is -1.10. The third-order valence-corrected chi connectivity index (χ3v) is 5.57. The van der Waals surface area contributed by atoms with Gasteiger partial charge in [-0.3, -0.25) is 29.4 Å². The van der Waals surface area contributed by atoms with E-state index in [0.717, 1.165) is 16.2 Å². The third-order valence-electron chi connectivity index (χ3n) is 4.81. The minimum absolute atomic E-state index is 0.0162. The normalized spacial score (nSPS) is 12.6. The number of nitrogens with one attached hydrogen (secondary N) is 1. The van der Waals surface area contributed by atoms with Gasteiger partial charge in [0.1, 0.15) is 11.4 Å². The molecule has 0 aliphatic carbocycles. The van der Waals surface area contributed by atoms with Crippen LogP contribution in [0.2, 0.25) is 0 Å². The van der Waals surface area contributed by atoms with E-state index >= 15 is 0 Å². The fourth-order valence-electron chi connectivity index (χ4n) is 3.25. The van der Waals surface area contributed by atoms with Gasteiger partial charge < -0.3 is 4.74 Å². The Balaban J connectivity index is 1.58. The van der Waals surface area contributed by atoms with E-state index in [1.165, 1.54) is 14.0 Å². The monoisotopic (exact) mass is 435 g/mol. The van der Waals surface area contributed by atoms with Crippen molar-refractivity contribution in [3.05, 3.63) is 75.8 Å². The number of benzene rings is 2. The predicted octanol–water partition coefficient (Wildman–Crippen LogP) is 3.40. The average molecular weight is 435 g/mol. The highest BCUT2D eigenvalue weighted by Gasteiger charge is 2.35. The molecule has 156 valence electrons. The zero-order chi connectivity index (χ0) is 22.1. The molecular weight excluding hydrogens is 418 g/mol. The van der Waals surface area contributed by atoms with Gasteiger partial charge in [0.2, 0.25) is 0 Å². The van der Waals surface area contributed by atoms with Gasteiger partial charge in [0, 0.05) is 12.3 Å². The van der Waals surface area contributed by atoms with Crippen LogP contribution in [0.5, 0.6) is 5.75 Å². The van der Waals surface area contributed by atoms with Crippen LogP contribution in [-0.2, 0) is 6.54 Å². The number of carbonyl (C=O) groups is 4. The van der Waals surface area contributed by atoms with Crippen molar-refractivity contribution in [3.8, 4) is 5.75 Å². The second-order valence-corrected chi connectivity index (χ2v) is 7.68. The smallest absolute Gasteiger partial charge is 0.261 e. The summed E-state index contributed by atoms with van der Waals surface area (Å²) in [5.41, 5.74) is 1.81. The number of imide groups is 1. The zero-order valence-electron chi connectivity index (χ0n) is 16.7. The fourth-order valence-corrected chi connectivity index (χ4v) is 4.00. The molecule has 1 aliphatic heterocycles. The minimum Gasteiger partial charge on any atom is -0.496 e. The number of carbonyl (C=O) groups excluding carboxylic acids is 4. The van der Waals surface area contributed by atoms with E-state index in [2.05, 4.69) is 10.3 Å². The number of ketones is 1. The van der Waals surface area contributed by atoms with Crippen LogP contribution in [0.3, 0.4) is 0 Å². The number of fused-ring (bicyclic) bond motifs is 1. The minimum atomic E-state index is -0.481. The van der Waals surface area contributed by atoms with E-state index < -0.39 is 5.91 Å². The molecule has 8 nitrogen and oxygen atoms in total. The van der Waals surface area contributed by atoms with Crippen LogP contribution in [0, 0.1) is 0 Å². The molecule has 0 saturated carbocycles. The number of ether oxygens (including phenoxy) is 1. The van der Waals surface area contributed by atoms with E-state index in [1.807, 2.05) is 0 Å². The Kier molecular flexibility index (Phi) is 5.35. The van der Waals surface area contributed by atoms with Crippen LogP contribution in [0.4, 0.5) is 5.13 Å². The van der Waals surface area contributed by atoms with Gasteiger partial charge in [-0.2, -0.15) is 0 Å². The highest BCUT2D eigenvalue weighted by atomic mass is 32.1. The molecule has 1 aliphatic rings. The Hall–Kier alpha value is -3.85. The fraction of sp³-hybridized carbons (Fsp3) is 0.136. The summed E-state index contributed by atoms with van der Waals surface area (Å²) in [7, 11) is 1.44. The number of anilines is 1. The number of aromatic nitrogens is 1. The molecule has 4 rings (SSSR count). The van der Waals surface area contributed by atoms with Gasteiger partial charge in [-0.25, -0.2) is 4.98 Å². The number of nitrogens with zero attached hydrogens (tertiary/aromatic N) is 2. The van der Waals surface area contributed by atoms with Gasteiger partial charge in [0.05, 0.1) is 30.3 Å². The van der Waals surface area contributed by atoms with Crippen molar-refractivity contribution >= 4 is 40.0 Å². The number of methoxy groups -OCH3 is 1. The standard InChI is InChI=1S/C22H17N3O5S/c1-12(26)17-11-31-22(23-17)24-19(27)16-9-13(7-8-18(16)30-2)10-25-20(28)14-5-3-4-6-15(14)21(25)29/h3-9,11H,10H2,1-2H3,(H,23,24,27). The van der Waals surface area contributed by atoms with Gasteiger partial charge in [-0.05, 0) is 29.8 Å². The molecule has 0 radical (unpaired) electrons. The van der Waals surface area contributed by atoms with Crippen molar-refractivity contribution < 1.29 is 23.9 Å². The Morgan fingerprint density at radius 1 is 1.10 bits per heavy atom. The lowest BCUT2D eigenvalue weighted by atomic mass is 10.1. The molecule has 1 N–H and O–H groups in total. The van der Waals surface area contributed by atoms with Gasteiger partial charge in [-0.15, -0.1) is 11.3 Å². The number of hydrogen-bond acceptors (Lipinski definition) is 7. The van der Waals surface area contributed by atoms with E-state index in [1.54, 1.807) is 47.8 Å². The lowest BCUT2D eigenvalue weighted by molar-refractivity contribution is 0.0642. The van der Waals surface area contributed by atoms with Gasteiger partial charge >= 0.3 is 0 Å². The van der Waals surface area contributed by atoms with Crippen LogP contribution >= 0.6 is 11.3 Å². The van der Waals surface area contributed by atoms with Crippen LogP contribution < -0.4 is 10.1 Å². The Labute approximate surface area is 181 Å². The summed E-state index contributed by atoms with van der Waals surface area (Å²) < 4.78 is 5.29. The molecule has 0 fully saturated rings. The molecule has 3 aromatic rings. The maximum atomic E-state index is 12.8. The van der Waals surface area contributed by atoms with Gasteiger partial charge in [0.15, 0.2) is 10.9 Å². The van der Waals surface area contributed by atoms with Gasteiger partial charge in [0.25, 0.3) is 17.7 Å². The molecule has 0 unspecified atom stereocenters. The lowest BCUT2D eigenvalue weighted by Gasteiger charge is -2.16. The van der Waals surface area contributed by atoms with E-state index in [0.29, 0.717) is 22.4 Å². The molecule has 31 heavy (non-hydrogen) atoms. The molecule has 2 heterocycles. The average Bonchev–Trinajstić information content (AvgIpc) is 3.33. The number of rotatable bonds is 6. The molecule has 2 aromatic carbocycles. The molecular formula is C22H17N3O5S. The van der Waals surface area contributed by atoms with Crippen molar-refractivity contribution in [2.45, 2.75) is 13.5 Å². The van der Waals surface area contributed by atoms with Crippen LogP contribution in [0.25, 0.3) is 0 Å². The topological polar surface area (TPSA) is 106 Å². The second kappa shape index (κ2) is 8.11. The Morgan fingerprint density at radius 3 is 2.35 bits per heavy atom. The number of thiazole rings is 1. The predicted molar refractivity (Wildman–Crippen MR) is 114 cm³/mol. The molecule has 0 spiro atoms. The number of amides is 3. The first kappa shape index (κ1) is 20.4. The summed E-state index contributed by atoms with van der Waals surface area (Å²) in [6, 6.07) is 11.5. The largest absolute Gasteiger partial charge is 0.496 e. The van der Waals surface area contributed by atoms with E-state index in [4.69, 9.17) is 4.74 Å². The first-order chi connectivity index (χ1) is 14.9. The quantitative estimate of drug-likeness (QED) is 0.470. The SMILES string of the molecule is COc1ccc(CN2C(=O)c3ccccc3C2=O)cc1C(=O)Nc1nc(C(C)=O)cs1. The van der Waals surface area contributed by atoms with Crippen molar-refractivity contribution in [1.29, 1.82) is 0 Å². The summed E-state index contributed by atoms with van der Waals surface area (Å²) in [5, 5.41) is 4.49. The van der Waals surface area contributed by atoms with Crippen molar-refractivity contribution in [2.75, 3.05) is 12.4 Å². The maximum Gasteiger partial charge on any atom is 0.261 e.